The third-order valence-corrected chi connectivity index (χ3v) is 2.89. The van der Waals surface area contributed by atoms with Gasteiger partial charge in [-0.1, -0.05) is 36.9 Å². The summed E-state index contributed by atoms with van der Waals surface area (Å²) in [5, 5.41) is 27.9. The average molecular weight is 286 g/mol. The van der Waals surface area contributed by atoms with E-state index >= 15 is 0 Å². The van der Waals surface area contributed by atoms with Crippen molar-refractivity contribution in [2.24, 2.45) is 0 Å². The van der Waals surface area contributed by atoms with Gasteiger partial charge in [0, 0.05) is 0 Å². The molecule has 5 nitrogen and oxygen atoms in total. The fraction of sp³-hybridized carbons (Fsp3) is 0.0625. The number of aromatic hydroxyl groups is 3. The summed E-state index contributed by atoms with van der Waals surface area (Å²) in [4.78, 5) is 11.8. The summed E-state index contributed by atoms with van der Waals surface area (Å²) in [6.07, 6.45) is 1.71. The van der Waals surface area contributed by atoms with Crippen LogP contribution in [0.1, 0.15) is 21.5 Å². The second-order valence-corrected chi connectivity index (χ2v) is 4.38. The number of carbonyl (C=O) groups is 1. The Bertz CT molecular complexity index is 651. The molecule has 0 amide bonds. The lowest BCUT2D eigenvalue weighted by molar-refractivity contribution is 0.0471. The lowest BCUT2D eigenvalue weighted by Gasteiger charge is -2.07. The van der Waals surface area contributed by atoms with Crippen molar-refractivity contribution in [3.63, 3.8) is 0 Å². The number of hydrogen-bond donors (Lipinski definition) is 3. The van der Waals surface area contributed by atoms with Crippen LogP contribution in [0.25, 0.3) is 6.08 Å². The molecule has 0 bridgehead atoms. The highest BCUT2D eigenvalue weighted by atomic mass is 16.5. The van der Waals surface area contributed by atoms with Crippen LogP contribution in [0.5, 0.6) is 17.2 Å². The second kappa shape index (κ2) is 6.00. The van der Waals surface area contributed by atoms with Crippen LogP contribution in [0, 0.1) is 0 Å². The maximum absolute atomic E-state index is 11.8. The molecule has 2 rings (SSSR count). The first kappa shape index (κ1) is 14.5. The zero-order valence-electron chi connectivity index (χ0n) is 11.1. The lowest BCUT2D eigenvalue weighted by atomic mass is 10.1. The molecule has 0 aliphatic heterocycles. The van der Waals surface area contributed by atoms with E-state index in [4.69, 9.17) is 4.74 Å². The van der Waals surface area contributed by atoms with Crippen molar-refractivity contribution in [2.75, 3.05) is 0 Å². The van der Waals surface area contributed by atoms with Crippen molar-refractivity contribution in [3.05, 3.63) is 59.7 Å². The van der Waals surface area contributed by atoms with Crippen LogP contribution in [-0.2, 0) is 11.3 Å². The van der Waals surface area contributed by atoms with E-state index in [2.05, 4.69) is 6.58 Å². The van der Waals surface area contributed by atoms with Gasteiger partial charge in [0.05, 0.1) is 5.56 Å². The molecule has 0 saturated carbocycles. The molecule has 0 aromatic heterocycles. The molecule has 2 aromatic rings. The fourth-order valence-electron chi connectivity index (χ4n) is 1.70. The Kier molecular flexibility index (Phi) is 4.13. The zero-order valence-corrected chi connectivity index (χ0v) is 11.1. The molecule has 0 spiro atoms. The molecule has 3 N–H and O–H groups in total. The van der Waals surface area contributed by atoms with Gasteiger partial charge in [0.1, 0.15) is 6.61 Å². The van der Waals surface area contributed by atoms with E-state index in [0.29, 0.717) is 0 Å². The van der Waals surface area contributed by atoms with Gasteiger partial charge in [0.2, 0.25) is 0 Å². The smallest absolute Gasteiger partial charge is 0.338 e. The summed E-state index contributed by atoms with van der Waals surface area (Å²) in [6, 6.07) is 9.34. The van der Waals surface area contributed by atoms with Crippen LogP contribution in [0.2, 0.25) is 0 Å². The van der Waals surface area contributed by atoms with Crippen molar-refractivity contribution in [2.45, 2.75) is 6.61 Å². The summed E-state index contributed by atoms with van der Waals surface area (Å²) >= 11 is 0. The van der Waals surface area contributed by atoms with Gasteiger partial charge in [-0.05, 0) is 23.3 Å². The average Bonchev–Trinajstić information content (AvgIpc) is 2.50. The Labute approximate surface area is 121 Å². The van der Waals surface area contributed by atoms with Gasteiger partial charge in [-0.2, -0.15) is 0 Å². The Morgan fingerprint density at radius 2 is 1.67 bits per heavy atom. The minimum absolute atomic E-state index is 0.0505. The molecule has 5 heteroatoms. The number of benzene rings is 2. The zero-order chi connectivity index (χ0) is 15.4. The van der Waals surface area contributed by atoms with E-state index in [1.165, 1.54) is 0 Å². The predicted octanol–water partition coefficient (Wildman–Crippen LogP) is 2.80. The molecule has 0 saturated heterocycles. The summed E-state index contributed by atoms with van der Waals surface area (Å²) in [6.45, 7) is 3.70. The van der Waals surface area contributed by atoms with Gasteiger partial charge in [0.15, 0.2) is 17.2 Å². The predicted molar refractivity (Wildman–Crippen MR) is 77.1 cm³/mol. The van der Waals surface area contributed by atoms with Gasteiger partial charge in [-0.3, -0.25) is 0 Å². The van der Waals surface area contributed by atoms with Crippen LogP contribution >= 0.6 is 0 Å². The fourth-order valence-corrected chi connectivity index (χ4v) is 1.70. The number of carbonyl (C=O) groups excluding carboxylic acids is 1. The van der Waals surface area contributed by atoms with Gasteiger partial charge >= 0.3 is 5.97 Å². The summed E-state index contributed by atoms with van der Waals surface area (Å²) in [5.41, 5.74) is 1.70. The molecule has 0 atom stereocenters. The van der Waals surface area contributed by atoms with Crippen molar-refractivity contribution < 1.29 is 24.9 Å². The highest BCUT2D eigenvalue weighted by molar-refractivity contribution is 5.91. The number of phenolic OH excluding ortho intramolecular Hbond substituents is 3. The lowest BCUT2D eigenvalue weighted by Crippen LogP contribution is -2.05. The molecule has 21 heavy (non-hydrogen) atoms. The maximum atomic E-state index is 11.8. The summed E-state index contributed by atoms with van der Waals surface area (Å²) in [7, 11) is 0. The number of phenols is 3. The Morgan fingerprint density at radius 1 is 1.10 bits per heavy atom. The molecule has 0 aliphatic carbocycles. The topological polar surface area (TPSA) is 87.0 Å². The Morgan fingerprint density at radius 3 is 2.19 bits per heavy atom. The monoisotopic (exact) mass is 286 g/mol. The highest BCUT2D eigenvalue weighted by Gasteiger charge is 2.14. The molecule has 0 unspecified atom stereocenters. The van der Waals surface area contributed by atoms with E-state index in [-0.39, 0.29) is 12.2 Å². The SMILES string of the molecule is C=Cc1ccc(COC(=O)c2cc(O)c(O)c(O)c2)cc1. The molecular formula is C16H14O5. The summed E-state index contributed by atoms with van der Waals surface area (Å²) < 4.78 is 5.07. The van der Waals surface area contributed by atoms with Crippen molar-refractivity contribution in [1.82, 2.24) is 0 Å². The van der Waals surface area contributed by atoms with Crippen LogP contribution < -0.4 is 0 Å². The highest BCUT2D eigenvalue weighted by Crippen LogP contribution is 2.35. The van der Waals surface area contributed by atoms with Crippen LogP contribution in [0.4, 0.5) is 0 Å². The van der Waals surface area contributed by atoms with E-state index in [9.17, 15) is 20.1 Å². The molecular weight excluding hydrogens is 272 g/mol. The third kappa shape index (κ3) is 3.33. The van der Waals surface area contributed by atoms with Crippen LogP contribution in [0.3, 0.4) is 0 Å². The quantitative estimate of drug-likeness (QED) is 0.594. The molecule has 0 fully saturated rings. The first-order valence-corrected chi connectivity index (χ1v) is 6.14. The number of esters is 1. The molecule has 2 aromatic carbocycles. The van der Waals surface area contributed by atoms with E-state index in [1.807, 2.05) is 12.1 Å². The number of ether oxygens (including phenoxy) is 1. The van der Waals surface area contributed by atoms with Crippen molar-refractivity contribution in [1.29, 1.82) is 0 Å². The van der Waals surface area contributed by atoms with E-state index < -0.39 is 23.2 Å². The first-order valence-electron chi connectivity index (χ1n) is 6.14. The Hall–Kier alpha value is -2.95. The molecule has 0 aliphatic rings. The standard InChI is InChI=1S/C16H14O5/c1-2-10-3-5-11(6-4-10)9-21-16(20)12-7-13(17)15(19)14(18)8-12/h2-8,17-19H,1,9H2. The third-order valence-electron chi connectivity index (χ3n) is 2.89. The van der Waals surface area contributed by atoms with E-state index in [0.717, 1.165) is 23.3 Å². The number of rotatable bonds is 4. The van der Waals surface area contributed by atoms with Gasteiger partial charge in [0.25, 0.3) is 0 Å². The van der Waals surface area contributed by atoms with E-state index in [1.54, 1.807) is 18.2 Å². The minimum Gasteiger partial charge on any atom is -0.504 e. The number of hydrogen-bond acceptors (Lipinski definition) is 5. The minimum atomic E-state index is -0.714. The van der Waals surface area contributed by atoms with Crippen molar-refractivity contribution >= 4 is 12.0 Å². The van der Waals surface area contributed by atoms with Gasteiger partial charge in [-0.25, -0.2) is 4.79 Å². The largest absolute Gasteiger partial charge is 0.504 e. The van der Waals surface area contributed by atoms with Crippen molar-refractivity contribution in [3.8, 4) is 17.2 Å². The van der Waals surface area contributed by atoms with Crippen LogP contribution in [0.15, 0.2) is 43.0 Å². The van der Waals surface area contributed by atoms with Crippen LogP contribution in [-0.4, -0.2) is 21.3 Å². The van der Waals surface area contributed by atoms with Gasteiger partial charge in [-0.15, -0.1) is 0 Å². The molecule has 0 radical (unpaired) electrons. The maximum Gasteiger partial charge on any atom is 0.338 e. The second-order valence-electron chi connectivity index (χ2n) is 4.38. The summed E-state index contributed by atoms with van der Waals surface area (Å²) in [5.74, 6) is -2.56. The molecule has 108 valence electrons. The Balaban J connectivity index is 2.06. The molecule has 0 heterocycles. The van der Waals surface area contributed by atoms with Gasteiger partial charge < -0.3 is 20.1 Å². The first-order chi connectivity index (χ1) is 10.0. The normalized spacial score (nSPS) is 10.1.